The topological polar surface area (TPSA) is 39.2 Å². The summed E-state index contributed by atoms with van der Waals surface area (Å²) in [5, 5.41) is 1.91. The number of hydrogen-bond donors (Lipinski definition) is 0. The number of aryl methyl sites for hydroxylation is 1. The summed E-state index contributed by atoms with van der Waals surface area (Å²) in [5.74, 6) is 1.16. The highest BCUT2D eigenvalue weighted by atomic mass is 79.9. The lowest BCUT2D eigenvalue weighted by molar-refractivity contribution is 0.411. The molecule has 18 heavy (non-hydrogen) atoms. The molecule has 0 spiro atoms. The fraction of sp³-hybridized carbons (Fsp3) is 0.250. The van der Waals surface area contributed by atoms with Crippen LogP contribution in [0.15, 0.2) is 32.4 Å². The lowest BCUT2D eigenvalue weighted by Crippen LogP contribution is -1.99. The van der Waals surface area contributed by atoms with Crippen LogP contribution < -0.4 is 4.74 Å². The number of nitrogens with zero attached hydrogens (tertiary/aromatic N) is 1. The molecule has 0 fully saturated rings. The Morgan fingerprint density at radius 3 is 2.89 bits per heavy atom. The van der Waals surface area contributed by atoms with E-state index in [1.807, 2.05) is 30.5 Å². The molecule has 1 atom stereocenters. The third-order valence-corrected chi connectivity index (χ3v) is 5.47. The molecular weight excluding hydrogens is 334 g/mol. The lowest BCUT2D eigenvalue weighted by Gasteiger charge is -2.07. The first-order valence-electron chi connectivity index (χ1n) is 5.23. The number of halogens is 1. The Morgan fingerprint density at radius 1 is 1.50 bits per heavy atom. The molecule has 1 aromatic heterocycles. The van der Waals surface area contributed by atoms with E-state index < -0.39 is 10.8 Å². The molecule has 1 heterocycles. The fourth-order valence-electron chi connectivity index (χ4n) is 1.50. The molecule has 2 aromatic rings. The van der Waals surface area contributed by atoms with Gasteiger partial charge in [0.1, 0.15) is 5.75 Å². The van der Waals surface area contributed by atoms with Crippen molar-refractivity contribution in [2.75, 3.05) is 7.11 Å². The van der Waals surface area contributed by atoms with Crippen molar-refractivity contribution < 1.29 is 8.95 Å². The fourth-order valence-corrected chi connectivity index (χ4v) is 4.06. The van der Waals surface area contributed by atoms with Crippen molar-refractivity contribution >= 4 is 38.1 Å². The molecule has 2 rings (SSSR count). The monoisotopic (exact) mass is 345 g/mol. The third-order valence-electron chi connectivity index (χ3n) is 2.32. The largest absolute Gasteiger partial charge is 0.496 e. The predicted octanol–water partition coefficient (Wildman–Crippen LogP) is 3.53. The maximum Gasteiger partial charge on any atom is 0.181 e. The maximum atomic E-state index is 12.2. The molecular formula is C12H12BrNO2S2. The van der Waals surface area contributed by atoms with Gasteiger partial charge in [-0.1, -0.05) is 15.9 Å². The summed E-state index contributed by atoms with van der Waals surface area (Å²) in [5.41, 5.74) is 1.82. The van der Waals surface area contributed by atoms with E-state index in [0.29, 0.717) is 10.1 Å². The summed E-state index contributed by atoms with van der Waals surface area (Å²) in [6.07, 6.45) is 0. The highest BCUT2D eigenvalue weighted by molar-refractivity contribution is 9.10. The number of benzene rings is 1. The number of thiazole rings is 1. The number of hydrogen-bond acceptors (Lipinski definition) is 4. The summed E-state index contributed by atoms with van der Waals surface area (Å²) in [4.78, 5) is 4.25. The molecule has 1 unspecified atom stereocenters. The molecule has 0 saturated heterocycles. The Kier molecular flexibility index (Phi) is 4.53. The molecule has 0 saturated carbocycles. The van der Waals surface area contributed by atoms with Gasteiger partial charge in [-0.25, -0.2) is 4.98 Å². The van der Waals surface area contributed by atoms with Crippen molar-refractivity contribution in [3.05, 3.63) is 39.3 Å². The van der Waals surface area contributed by atoms with Crippen LogP contribution in [0.1, 0.15) is 11.3 Å². The van der Waals surface area contributed by atoms with Crippen molar-refractivity contribution in [1.82, 2.24) is 4.98 Å². The number of ether oxygens (including phenoxy) is 1. The van der Waals surface area contributed by atoms with Crippen LogP contribution >= 0.6 is 27.3 Å². The van der Waals surface area contributed by atoms with E-state index in [9.17, 15) is 4.21 Å². The molecule has 1 aromatic carbocycles. The smallest absolute Gasteiger partial charge is 0.181 e. The zero-order valence-electron chi connectivity index (χ0n) is 9.97. The van der Waals surface area contributed by atoms with Gasteiger partial charge in [-0.15, -0.1) is 11.3 Å². The molecule has 3 nitrogen and oxygen atoms in total. The number of aromatic nitrogens is 1. The van der Waals surface area contributed by atoms with E-state index >= 15 is 0 Å². The van der Waals surface area contributed by atoms with E-state index in [2.05, 4.69) is 20.9 Å². The van der Waals surface area contributed by atoms with Crippen LogP contribution in [-0.2, 0) is 16.6 Å². The first kappa shape index (κ1) is 13.7. The van der Waals surface area contributed by atoms with Crippen LogP contribution in [0.25, 0.3) is 0 Å². The lowest BCUT2D eigenvalue weighted by atomic mass is 10.2. The Morgan fingerprint density at radius 2 is 2.28 bits per heavy atom. The Hall–Kier alpha value is -0.720. The third kappa shape index (κ3) is 3.18. The van der Waals surface area contributed by atoms with Gasteiger partial charge in [-0.05, 0) is 25.1 Å². The Balaban J connectivity index is 2.23. The van der Waals surface area contributed by atoms with E-state index in [-0.39, 0.29) is 0 Å². The number of methoxy groups -OCH3 is 1. The van der Waals surface area contributed by atoms with Crippen LogP contribution in [0.2, 0.25) is 0 Å². The Bertz CT molecular complexity index is 583. The second-order valence-electron chi connectivity index (χ2n) is 3.70. The van der Waals surface area contributed by atoms with Crippen molar-refractivity contribution in [3.63, 3.8) is 0 Å². The van der Waals surface area contributed by atoms with Crippen LogP contribution in [0.5, 0.6) is 5.75 Å². The quantitative estimate of drug-likeness (QED) is 0.850. The van der Waals surface area contributed by atoms with E-state index in [4.69, 9.17) is 4.74 Å². The predicted molar refractivity (Wildman–Crippen MR) is 77.7 cm³/mol. The SMILES string of the molecule is COc1ccc(Br)cc1CS(=O)c1nc(C)cs1. The molecule has 0 aliphatic rings. The van der Waals surface area contributed by atoms with Gasteiger partial charge in [-0.3, -0.25) is 4.21 Å². The molecule has 96 valence electrons. The van der Waals surface area contributed by atoms with E-state index in [0.717, 1.165) is 21.5 Å². The van der Waals surface area contributed by atoms with E-state index in [1.165, 1.54) is 11.3 Å². The molecule has 0 aliphatic carbocycles. The van der Waals surface area contributed by atoms with Crippen molar-refractivity contribution in [2.45, 2.75) is 17.0 Å². The minimum atomic E-state index is -1.13. The molecule has 6 heteroatoms. The molecule has 0 amide bonds. The van der Waals surface area contributed by atoms with Crippen molar-refractivity contribution in [2.24, 2.45) is 0 Å². The van der Waals surface area contributed by atoms with Gasteiger partial charge in [0.25, 0.3) is 0 Å². The van der Waals surface area contributed by atoms with E-state index in [1.54, 1.807) is 7.11 Å². The van der Waals surface area contributed by atoms with Gasteiger partial charge < -0.3 is 4.74 Å². The minimum Gasteiger partial charge on any atom is -0.496 e. The summed E-state index contributed by atoms with van der Waals surface area (Å²) in [6.45, 7) is 1.90. The van der Waals surface area contributed by atoms with Crippen molar-refractivity contribution in [1.29, 1.82) is 0 Å². The highest BCUT2D eigenvalue weighted by Crippen LogP contribution is 2.26. The van der Waals surface area contributed by atoms with Crippen LogP contribution in [-0.4, -0.2) is 16.3 Å². The van der Waals surface area contributed by atoms with Gasteiger partial charge in [-0.2, -0.15) is 0 Å². The second kappa shape index (κ2) is 5.95. The highest BCUT2D eigenvalue weighted by Gasteiger charge is 2.12. The van der Waals surface area contributed by atoms with Crippen LogP contribution in [0, 0.1) is 6.92 Å². The van der Waals surface area contributed by atoms with Crippen LogP contribution in [0.3, 0.4) is 0 Å². The zero-order valence-corrected chi connectivity index (χ0v) is 13.2. The molecule has 0 bridgehead atoms. The van der Waals surface area contributed by atoms with Gasteiger partial charge in [0.2, 0.25) is 0 Å². The number of rotatable bonds is 4. The normalized spacial score (nSPS) is 12.4. The van der Waals surface area contributed by atoms with Gasteiger partial charge in [0.15, 0.2) is 4.34 Å². The standard InChI is InChI=1S/C12H12BrNO2S2/c1-8-6-17-12(14-8)18(15)7-9-5-10(13)3-4-11(9)16-2/h3-6H,7H2,1-2H3. The zero-order chi connectivity index (χ0) is 13.1. The molecule has 0 aliphatic heterocycles. The summed E-state index contributed by atoms with van der Waals surface area (Å²) in [7, 11) is 0.487. The molecule has 0 N–H and O–H groups in total. The summed E-state index contributed by atoms with van der Waals surface area (Å²) < 4.78 is 19.1. The van der Waals surface area contributed by atoms with Crippen LogP contribution in [0.4, 0.5) is 0 Å². The van der Waals surface area contributed by atoms with Crippen molar-refractivity contribution in [3.8, 4) is 5.75 Å². The van der Waals surface area contributed by atoms with Gasteiger partial charge in [0.05, 0.1) is 23.7 Å². The minimum absolute atomic E-state index is 0.412. The average molecular weight is 346 g/mol. The van der Waals surface area contributed by atoms with Gasteiger partial charge in [0, 0.05) is 21.1 Å². The Labute approximate surface area is 121 Å². The summed E-state index contributed by atoms with van der Waals surface area (Å²) in [6, 6.07) is 5.69. The first-order chi connectivity index (χ1) is 8.60. The second-order valence-corrected chi connectivity index (χ2v) is 7.10. The first-order valence-corrected chi connectivity index (χ1v) is 8.22. The summed E-state index contributed by atoms with van der Waals surface area (Å²) >= 11 is 4.84. The van der Waals surface area contributed by atoms with Gasteiger partial charge >= 0.3 is 0 Å². The molecule has 0 radical (unpaired) electrons. The maximum absolute atomic E-state index is 12.2. The average Bonchev–Trinajstić information content (AvgIpc) is 2.76.